The first-order valence-corrected chi connectivity index (χ1v) is 8.22. The number of anilines is 1. The van der Waals surface area contributed by atoms with Crippen molar-refractivity contribution in [2.24, 2.45) is 0 Å². The van der Waals surface area contributed by atoms with E-state index < -0.39 is 5.25 Å². The van der Waals surface area contributed by atoms with Crippen molar-refractivity contribution in [3.8, 4) is 0 Å². The van der Waals surface area contributed by atoms with E-state index in [1.54, 1.807) is 25.1 Å². The molecule has 0 unspecified atom stereocenters. The van der Waals surface area contributed by atoms with Crippen LogP contribution in [-0.4, -0.2) is 11.2 Å². The lowest BCUT2D eigenvalue weighted by molar-refractivity contribution is -0.115. The van der Waals surface area contributed by atoms with Crippen LogP contribution in [0.1, 0.15) is 6.92 Å². The zero-order valence-corrected chi connectivity index (χ0v) is 13.4. The molecule has 0 spiro atoms. The summed E-state index contributed by atoms with van der Waals surface area (Å²) in [5, 5.41) is 4.69. The van der Waals surface area contributed by atoms with Crippen LogP contribution in [0, 0.1) is 5.82 Å². The van der Waals surface area contributed by atoms with Crippen molar-refractivity contribution in [3.63, 3.8) is 0 Å². The van der Waals surface area contributed by atoms with Crippen LogP contribution >= 0.6 is 11.8 Å². The molecular weight excluding hydrogens is 309 g/mol. The van der Waals surface area contributed by atoms with Crippen LogP contribution in [-0.2, 0) is 4.79 Å². The fraction of sp³-hybridized carbons (Fsp3) is 0.105. The molecule has 0 aromatic heterocycles. The Labute approximate surface area is 138 Å². The Morgan fingerprint density at radius 2 is 1.70 bits per heavy atom. The summed E-state index contributed by atoms with van der Waals surface area (Å²) in [6.07, 6.45) is 0. The second kappa shape index (κ2) is 6.84. The first-order valence-electron chi connectivity index (χ1n) is 7.34. The van der Waals surface area contributed by atoms with Crippen molar-refractivity contribution in [3.05, 3.63) is 72.5 Å². The van der Waals surface area contributed by atoms with E-state index in [0.717, 1.165) is 16.5 Å². The second-order valence-electron chi connectivity index (χ2n) is 5.24. The van der Waals surface area contributed by atoms with Gasteiger partial charge in [0.2, 0.25) is 5.91 Å². The van der Waals surface area contributed by atoms with E-state index in [0.29, 0.717) is 4.90 Å². The SMILES string of the molecule is C[C@H](Sc1ccccc1F)C(=O)Nc1ccc2ccccc2c1. The number of halogens is 1. The summed E-state index contributed by atoms with van der Waals surface area (Å²) in [5.41, 5.74) is 0.745. The van der Waals surface area contributed by atoms with Gasteiger partial charge in [0, 0.05) is 10.6 Å². The lowest BCUT2D eigenvalue weighted by atomic mass is 10.1. The Kier molecular flexibility index (Phi) is 4.63. The van der Waals surface area contributed by atoms with Gasteiger partial charge in [-0.3, -0.25) is 4.79 Å². The van der Waals surface area contributed by atoms with Crippen molar-refractivity contribution in [2.75, 3.05) is 5.32 Å². The van der Waals surface area contributed by atoms with Crippen LogP contribution in [0.5, 0.6) is 0 Å². The van der Waals surface area contributed by atoms with Crippen molar-refractivity contribution >= 4 is 34.1 Å². The van der Waals surface area contributed by atoms with Crippen molar-refractivity contribution < 1.29 is 9.18 Å². The van der Waals surface area contributed by atoms with E-state index in [1.807, 2.05) is 42.5 Å². The van der Waals surface area contributed by atoms with Gasteiger partial charge in [0.15, 0.2) is 0 Å². The van der Waals surface area contributed by atoms with Crippen LogP contribution in [0.4, 0.5) is 10.1 Å². The summed E-state index contributed by atoms with van der Waals surface area (Å²) in [7, 11) is 0. The molecule has 0 radical (unpaired) electrons. The minimum atomic E-state index is -0.390. The maximum atomic E-state index is 13.7. The van der Waals surface area contributed by atoms with Gasteiger partial charge >= 0.3 is 0 Å². The normalized spacial score (nSPS) is 12.1. The average molecular weight is 325 g/mol. The quantitative estimate of drug-likeness (QED) is 0.676. The molecule has 4 heteroatoms. The van der Waals surface area contributed by atoms with E-state index in [4.69, 9.17) is 0 Å². The summed E-state index contributed by atoms with van der Waals surface area (Å²) in [6.45, 7) is 1.77. The monoisotopic (exact) mass is 325 g/mol. The number of amides is 1. The van der Waals surface area contributed by atoms with Gasteiger partial charge in [0.05, 0.1) is 5.25 Å². The minimum Gasteiger partial charge on any atom is -0.325 e. The number of hydrogen-bond acceptors (Lipinski definition) is 2. The summed E-state index contributed by atoms with van der Waals surface area (Å²) < 4.78 is 13.7. The fourth-order valence-corrected chi connectivity index (χ4v) is 3.18. The molecule has 0 aliphatic heterocycles. The molecule has 1 atom stereocenters. The number of carbonyl (C=O) groups is 1. The smallest absolute Gasteiger partial charge is 0.237 e. The van der Waals surface area contributed by atoms with E-state index in [1.165, 1.54) is 17.8 Å². The van der Waals surface area contributed by atoms with Crippen molar-refractivity contribution in [2.45, 2.75) is 17.1 Å². The summed E-state index contributed by atoms with van der Waals surface area (Å²) in [4.78, 5) is 12.8. The number of carbonyl (C=O) groups excluding carboxylic acids is 1. The molecule has 0 bridgehead atoms. The zero-order chi connectivity index (χ0) is 16.2. The first-order chi connectivity index (χ1) is 11.1. The summed E-state index contributed by atoms with van der Waals surface area (Å²) >= 11 is 1.21. The van der Waals surface area contributed by atoms with E-state index in [-0.39, 0.29) is 11.7 Å². The molecule has 0 saturated carbocycles. The van der Waals surface area contributed by atoms with Crippen molar-refractivity contribution in [1.29, 1.82) is 0 Å². The maximum Gasteiger partial charge on any atom is 0.237 e. The van der Waals surface area contributed by atoms with Crippen LogP contribution in [0.2, 0.25) is 0 Å². The highest BCUT2D eigenvalue weighted by Crippen LogP contribution is 2.27. The van der Waals surface area contributed by atoms with Crippen LogP contribution in [0.25, 0.3) is 10.8 Å². The first kappa shape index (κ1) is 15.6. The Morgan fingerprint density at radius 1 is 1.00 bits per heavy atom. The van der Waals surface area contributed by atoms with Gasteiger partial charge in [-0.05, 0) is 42.0 Å². The van der Waals surface area contributed by atoms with Crippen LogP contribution in [0.15, 0.2) is 71.6 Å². The molecule has 3 aromatic carbocycles. The standard InChI is InChI=1S/C19H16FNOS/c1-13(23-18-9-5-4-8-17(18)20)19(22)21-16-11-10-14-6-2-3-7-15(14)12-16/h2-13H,1H3,(H,21,22)/t13-/m0/s1. The van der Waals surface area contributed by atoms with E-state index >= 15 is 0 Å². The Balaban J connectivity index is 1.71. The highest BCUT2D eigenvalue weighted by Gasteiger charge is 2.16. The lowest BCUT2D eigenvalue weighted by Crippen LogP contribution is -2.22. The summed E-state index contributed by atoms with van der Waals surface area (Å²) in [5.74, 6) is -0.448. The molecule has 1 N–H and O–H groups in total. The average Bonchev–Trinajstić information content (AvgIpc) is 2.56. The Bertz CT molecular complexity index is 849. The van der Waals surface area contributed by atoms with Gasteiger partial charge in [-0.1, -0.05) is 42.5 Å². The van der Waals surface area contributed by atoms with Crippen molar-refractivity contribution in [1.82, 2.24) is 0 Å². The highest BCUT2D eigenvalue weighted by molar-refractivity contribution is 8.00. The third kappa shape index (κ3) is 3.71. The van der Waals surface area contributed by atoms with Crippen LogP contribution < -0.4 is 5.32 Å². The number of hydrogen-bond donors (Lipinski definition) is 1. The lowest BCUT2D eigenvalue weighted by Gasteiger charge is -2.13. The number of thioether (sulfide) groups is 1. The predicted octanol–water partition coefficient (Wildman–Crippen LogP) is 5.10. The van der Waals surface area contributed by atoms with Gasteiger partial charge in [-0.2, -0.15) is 0 Å². The number of benzene rings is 3. The van der Waals surface area contributed by atoms with Gasteiger partial charge in [-0.15, -0.1) is 11.8 Å². The molecule has 116 valence electrons. The largest absolute Gasteiger partial charge is 0.325 e. The predicted molar refractivity (Wildman–Crippen MR) is 94.3 cm³/mol. The molecule has 0 saturated heterocycles. The maximum absolute atomic E-state index is 13.7. The molecule has 0 heterocycles. The minimum absolute atomic E-state index is 0.145. The molecule has 0 fully saturated rings. The third-order valence-electron chi connectivity index (χ3n) is 3.53. The Morgan fingerprint density at radius 3 is 2.48 bits per heavy atom. The molecule has 2 nitrogen and oxygen atoms in total. The van der Waals surface area contributed by atoms with Crippen LogP contribution in [0.3, 0.4) is 0 Å². The van der Waals surface area contributed by atoms with Gasteiger partial charge in [-0.25, -0.2) is 4.39 Å². The summed E-state index contributed by atoms with van der Waals surface area (Å²) in [6, 6.07) is 20.2. The molecule has 0 aliphatic rings. The molecule has 23 heavy (non-hydrogen) atoms. The molecule has 0 aliphatic carbocycles. The Hall–Kier alpha value is -2.33. The molecular formula is C19H16FNOS. The zero-order valence-electron chi connectivity index (χ0n) is 12.6. The highest BCUT2D eigenvalue weighted by atomic mass is 32.2. The van der Waals surface area contributed by atoms with Gasteiger partial charge in [0.1, 0.15) is 5.82 Å². The van der Waals surface area contributed by atoms with Gasteiger partial charge < -0.3 is 5.32 Å². The number of fused-ring (bicyclic) bond motifs is 1. The molecule has 3 aromatic rings. The molecule has 1 amide bonds. The van der Waals surface area contributed by atoms with E-state index in [9.17, 15) is 9.18 Å². The van der Waals surface area contributed by atoms with E-state index in [2.05, 4.69) is 5.32 Å². The fourth-order valence-electron chi connectivity index (χ4n) is 2.30. The number of rotatable bonds is 4. The molecule has 3 rings (SSSR count). The third-order valence-corrected chi connectivity index (χ3v) is 4.68. The van der Waals surface area contributed by atoms with Gasteiger partial charge in [0.25, 0.3) is 0 Å². The number of nitrogens with one attached hydrogen (secondary N) is 1. The second-order valence-corrected chi connectivity index (χ2v) is 6.62. The topological polar surface area (TPSA) is 29.1 Å².